The lowest BCUT2D eigenvalue weighted by atomic mass is 10.1. The van der Waals surface area contributed by atoms with Gasteiger partial charge < -0.3 is 9.64 Å². The van der Waals surface area contributed by atoms with E-state index < -0.39 is 0 Å². The lowest BCUT2D eigenvalue weighted by molar-refractivity contribution is 0.112. The van der Waals surface area contributed by atoms with Crippen LogP contribution in [0.1, 0.15) is 22.8 Å². The van der Waals surface area contributed by atoms with E-state index in [2.05, 4.69) is 6.58 Å². The Bertz CT molecular complexity index is 423. The zero-order valence-electron chi connectivity index (χ0n) is 12.2. The summed E-state index contributed by atoms with van der Waals surface area (Å²) in [6.07, 6.45) is 6.45. The molecule has 0 aromatic heterocycles. The summed E-state index contributed by atoms with van der Waals surface area (Å²) in [4.78, 5) is 12.8. The molecule has 0 atom stereocenters. The molecule has 0 bridgehead atoms. The highest BCUT2D eigenvalue weighted by Crippen LogP contribution is 2.17. The number of hydrogen-bond donors (Lipinski definition) is 0. The van der Waals surface area contributed by atoms with Crippen molar-refractivity contribution in [1.82, 2.24) is 4.90 Å². The van der Waals surface area contributed by atoms with Gasteiger partial charge in [0.2, 0.25) is 0 Å². The molecular formula is C16H23NO2. The Morgan fingerprint density at radius 2 is 2.05 bits per heavy atom. The first kappa shape index (κ1) is 17.1. The molecule has 0 saturated carbocycles. The Labute approximate surface area is 116 Å². The van der Waals surface area contributed by atoms with E-state index in [1.54, 1.807) is 25.3 Å². The zero-order chi connectivity index (χ0) is 14.7. The van der Waals surface area contributed by atoms with Crippen LogP contribution in [0.3, 0.4) is 0 Å². The molecule has 0 amide bonds. The summed E-state index contributed by atoms with van der Waals surface area (Å²) in [6.45, 7) is 6.16. The molecule has 0 N–H and O–H groups in total. The molecule has 0 fully saturated rings. The molecule has 104 valence electrons. The minimum Gasteiger partial charge on any atom is -0.497 e. The quantitative estimate of drug-likeness (QED) is 0.601. The van der Waals surface area contributed by atoms with Crippen LogP contribution in [0.4, 0.5) is 0 Å². The number of ether oxygens (including phenoxy) is 1. The van der Waals surface area contributed by atoms with Crippen LogP contribution in [0.25, 0.3) is 0 Å². The van der Waals surface area contributed by atoms with Crippen LogP contribution >= 0.6 is 0 Å². The second-order valence-electron chi connectivity index (χ2n) is 4.18. The van der Waals surface area contributed by atoms with Gasteiger partial charge in [-0.15, -0.1) is 0 Å². The maximum Gasteiger partial charge on any atom is 0.150 e. The molecule has 0 aliphatic carbocycles. The third-order valence-electron chi connectivity index (χ3n) is 2.29. The molecule has 0 radical (unpaired) electrons. The first-order valence-electron chi connectivity index (χ1n) is 6.09. The number of aldehydes is 1. The zero-order valence-corrected chi connectivity index (χ0v) is 12.2. The third kappa shape index (κ3) is 7.21. The normalized spacial score (nSPS) is 9.95. The summed E-state index contributed by atoms with van der Waals surface area (Å²) in [5, 5.41) is 0. The number of benzene rings is 1. The number of allylic oxidation sites excluding steroid dienone is 3. The van der Waals surface area contributed by atoms with Crippen LogP contribution in [0, 0.1) is 0 Å². The Morgan fingerprint density at radius 3 is 2.42 bits per heavy atom. The molecule has 3 heteroatoms. The molecule has 0 aliphatic heterocycles. The molecule has 0 spiro atoms. The molecule has 1 aromatic rings. The van der Waals surface area contributed by atoms with Gasteiger partial charge >= 0.3 is 0 Å². The van der Waals surface area contributed by atoms with E-state index in [4.69, 9.17) is 4.74 Å². The number of carbonyl (C=O) groups is 1. The largest absolute Gasteiger partial charge is 0.497 e. The summed E-state index contributed by atoms with van der Waals surface area (Å²) in [6, 6.07) is 5.47. The van der Waals surface area contributed by atoms with Crippen LogP contribution in [0.2, 0.25) is 0 Å². The van der Waals surface area contributed by atoms with Gasteiger partial charge in [0.05, 0.1) is 7.11 Å². The standard InChI is InChI=1S/C11H15NO2.C5H8/c1-12(2)7-10-6-11(14-3)5-4-9(10)8-13;1-3-5-4-2/h4-6,8H,7H2,1-3H3;3-5H,1H2,2H3/b;5-4-. The highest BCUT2D eigenvalue weighted by molar-refractivity contribution is 5.77. The maximum absolute atomic E-state index is 10.7. The fourth-order valence-corrected chi connectivity index (χ4v) is 1.44. The van der Waals surface area contributed by atoms with E-state index in [1.807, 2.05) is 44.1 Å². The second kappa shape index (κ2) is 10.1. The minimum absolute atomic E-state index is 0.722. The van der Waals surface area contributed by atoms with Crippen molar-refractivity contribution < 1.29 is 9.53 Å². The highest BCUT2D eigenvalue weighted by Gasteiger charge is 2.04. The fraction of sp³-hybridized carbons (Fsp3) is 0.312. The molecule has 1 rings (SSSR count). The van der Waals surface area contributed by atoms with E-state index in [9.17, 15) is 4.79 Å². The smallest absolute Gasteiger partial charge is 0.150 e. The average molecular weight is 261 g/mol. The van der Waals surface area contributed by atoms with Gasteiger partial charge in [0.1, 0.15) is 12.0 Å². The van der Waals surface area contributed by atoms with E-state index in [1.165, 1.54) is 0 Å². The Hall–Kier alpha value is -1.87. The lowest BCUT2D eigenvalue weighted by Crippen LogP contribution is -2.12. The van der Waals surface area contributed by atoms with Crippen LogP contribution in [-0.4, -0.2) is 32.4 Å². The summed E-state index contributed by atoms with van der Waals surface area (Å²) in [7, 11) is 5.55. The van der Waals surface area contributed by atoms with Crippen molar-refractivity contribution in [1.29, 1.82) is 0 Å². The number of hydrogen-bond acceptors (Lipinski definition) is 3. The van der Waals surface area contributed by atoms with E-state index in [0.717, 1.165) is 29.7 Å². The summed E-state index contributed by atoms with van der Waals surface area (Å²) in [5.41, 5.74) is 1.71. The monoisotopic (exact) mass is 261 g/mol. The molecule has 3 nitrogen and oxygen atoms in total. The molecule has 1 aromatic carbocycles. The molecule has 19 heavy (non-hydrogen) atoms. The van der Waals surface area contributed by atoms with Crippen LogP contribution < -0.4 is 4.74 Å². The van der Waals surface area contributed by atoms with E-state index in [0.29, 0.717) is 0 Å². The maximum atomic E-state index is 10.7. The van der Waals surface area contributed by atoms with Crippen molar-refractivity contribution in [3.05, 3.63) is 54.1 Å². The van der Waals surface area contributed by atoms with Gasteiger partial charge in [0.15, 0.2) is 0 Å². The topological polar surface area (TPSA) is 29.5 Å². The second-order valence-corrected chi connectivity index (χ2v) is 4.18. The van der Waals surface area contributed by atoms with Crippen molar-refractivity contribution in [2.75, 3.05) is 21.2 Å². The minimum atomic E-state index is 0.722. The van der Waals surface area contributed by atoms with Crippen LogP contribution in [0.15, 0.2) is 43.0 Å². The van der Waals surface area contributed by atoms with Gasteiger partial charge in [0.25, 0.3) is 0 Å². The first-order chi connectivity index (χ1) is 9.08. The molecule has 0 unspecified atom stereocenters. The number of methoxy groups -OCH3 is 1. The third-order valence-corrected chi connectivity index (χ3v) is 2.29. The summed E-state index contributed by atoms with van der Waals surface area (Å²) in [5.74, 6) is 0.785. The predicted molar refractivity (Wildman–Crippen MR) is 80.8 cm³/mol. The number of carbonyl (C=O) groups excluding carboxylic acids is 1. The first-order valence-corrected chi connectivity index (χ1v) is 6.09. The van der Waals surface area contributed by atoms with E-state index >= 15 is 0 Å². The van der Waals surface area contributed by atoms with Crippen molar-refractivity contribution in [2.45, 2.75) is 13.5 Å². The molecule has 0 heterocycles. The van der Waals surface area contributed by atoms with Crippen LogP contribution in [-0.2, 0) is 6.54 Å². The van der Waals surface area contributed by atoms with Gasteiger partial charge in [-0.05, 0) is 44.8 Å². The lowest BCUT2D eigenvalue weighted by Gasteiger charge is -2.12. The predicted octanol–water partition coefficient (Wildman–Crippen LogP) is 3.32. The molecule has 0 saturated heterocycles. The summed E-state index contributed by atoms with van der Waals surface area (Å²) < 4.78 is 5.10. The van der Waals surface area contributed by atoms with Gasteiger partial charge in [-0.3, -0.25) is 4.79 Å². The van der Waals surface area contributed by atoms with Gasteiger partial charge in [-0.1, -0.05) is 24.8 Å². The highest BCUT2D eigenvalue weighted by atomic mass is 16.5. The average Bonchev–Trinajstić information content (AvgIpc) is 2.39. The van der Waals surface area contributed by atoms with Crippen molar-refractivity contribution in [3.8, 4) is 5.75 Å². The fourth-order valence-electron chi connectivity index (χ4n) is 1.44. The summed E-state index contributed by atoms with van der Waals surface area (Å²) >= 11 is 0. The number of nitrogens with zero attached hydrogens (tertiary/aromatic N) is 1. The number of rotatable bonds is 5. The SMILES string of the molecule is C=C/C=C\C.COc1ccc(C=O)c(CN(C)C)c1. The van der Waals surface area contributed by atoms with Crippen molar-refractivity contribution in [3.63, 3.8) is 0 Å². The molecule has 0 aliphatic rings. The Kier molecular flexibility index (Phi) is 9.10. The van der Waals surface area contributed by atoms with E-state index in [-0.39, 0.29) is 0 Å². The Balaban J connectivity index is 0.000000555. The van der Waals surface area contributed by atoms with Gasteiger partial charge in [-0.2, -0.15) is 0 Å². The van der Waals surface area contributed by atoms with Gasteiger partial charge in [-0.25, -0.2) is 0 Å². The molecular weight excluding hydrogens is 238 g/mol. The van der Waals surface area contributed by atoms with Gasteiger partial charge in [0, 0.05) is 12.1 Å². The van der Waals surface area contributed by atoms with Crippen molar-refractivity contribution >= 4 is 6.29 Å². The van der Waals surface area contributed by atoms with Crippen LogP contribution in [0.5, 0.6) is 5.75 Å². The van der Waals surface area contributed by atoms with Crippen molar-refractivity contribution in [2.24, 2.45) is 0 Å². The Morgan fingerprint density at radius 1 is 1.37 bits per heavy atom.